The molecule has 0 aromatic rings. The molecule has 2 fully saturated rings. The van der Waals surface area contributed by atoms with E-state index < -0.39 is 0 Å². The molecule has 2 rings (SSSR count). The van der Waals surface area contributed by atoms with Crippen LogP contribution in [-0.4, -0.2) is 4.33 Å². The molecule has 0 heterocycles. The highest BCUT2D eigenvalue weighted by Gasteiger charge is 2.61. The number of fused-ring (bicyclic) bond motifs is 1. The molecule has 0 unspecified atom stereocenters. The Labute approximate surface area is 78.3 Å². The van der Waals surface area contributed by atoms with Crippen molar-refractivity contribution in [2.45, 2.75) is 42.9 Å². The second-order valence-corrected chi connectivity index (χ2v) is 5.32. The average Bonchev–Trinajstić information content (AvgIpc) is 2.29. The predicted octanol–water partition coefficient (Wildman–Crippen LogP) is 3.76. The van der Waals surface area contributed by atoms with E-state index in [0.717, 1.165) is 0 Å². The average molecular weight is 193 g/mol. The minimum absolute atomic E-state index is 0.329. The van der Waals surface area contributed by atoms with Crippen molar-refractivity contribution in [1.29, 1.82) is 0 Å². The van der Waals surface area contributed by atoms with Crippen molar-refractivity contribution < 1.29 is 0 Å². The molecule has 64 valence electrons. The van der Waals surface area contributed by atoms with E-state index in [0.29, 0.717) is 11.8 Å². The van der Waals surface area contributed by atoms with Crippen LogP contribution in [-0.2, 0) is 0 Å². The Morgan fingerprint density at radius 3 is 1.73 bits per heavy atom. The molecule has 11 heavy (non-hydrogen) atoms. The quantitative estimate of drug-likeness (QED) is 0.514. The number of hydrogen-bond acceptors (Lipinski definition) is 0. The van der Waals surface area contributed by atoms with Crippen molar-refractivity contribution >= 4 is 23.2 Å². The number of hydrogen-bond donors (Lipinski definition) is 0. The highest BCUT2D eigenvalue weighted by atomic mass is 35.5. The zero-order valence-electron chi connectivity index (χ0n) is 6.65. The fourth-order valence-corrected chi connectivity index (χ4v) is 3.25. The molecular formula is C9H14Cl2. The summed E-state index contributed by atoms with van der Waals surface area (Å²) >= 11 is 12.2. The van der Waals surface area contributed by atoms with Crippen LogP contribution in [0, 0.1) is 11.8 Å². The standard InChI is InChI=1S/C9H14Cl2/c10-9(11)7-5-3-1-2-4-6-8(7)9/h7-8H,1-6H2/t7-,8-/m0/s1. The largest absolute Gasteiger partial charge is 0.124 e. The first-order valence-corrected chi connectivity index (χ1v) is 5.36. The van der Waals surface area contributed by atoms with Crippen LogP contribution in [0.2, 0.25) is 0 Å². The third kappa shape index (κ3) is 1.40. The molecule has 0 amide bonds. The van der Waals surface area contributed by atoms with Crippen LogP contribution in [0.15, 0.2) is 0 Å². The van der Waals surface area contributed by atoms with Gasteiger partial charge in [-0.15, -0.1) is 23.2 Å². The summed E-state index contributed by atoms with van der Waals surface area (Å²) in [6.45, 7) is 0. The van der Waals surface area contributed by atoms with Gasteiger partial charge in [-0.1, -0.05) is 25.7 Å². The zero-order valence-corrected chi connectivity index (χ0v) is 8.17. The van der Waals surface area contributed by atoms with Gasteiger partial charge in [-0.05, 0) is 24.7 Å². The molecule has 0 aromatic heterocycles. The summed E-state index contributed by atoms with van der Waals surface area (Å²) in [5.74, 6) is 1.26. The molecular weight excluding hydrogens is 179 g/mol. The van der Waals surface area contributed by atoms with Crippen LogP contribution in [0.5, 0.6) is 0 Å². The summed E-state index contributed by atoms with van der Waals surface area (Å²) in [4.78, 5) is 0. The van der Waals surface area contributed by atoms with Gasteiger partial charge in [-0.2, -0.15) is 0 Å². The maximum Gasteiger partial charge on any atom is 0.124 e. The van der Waals surface area contributed by atoms with E-state index in [1.807, 2.05) is 0 Å². The lowest BCUT2D eigenvalue weighted by Gasteiger charge is -2.04. The van der Waals surface area contributed by atoms with E-state index in [-0.39, 0.29) is 4.33 Å². The van der Waals surface area contributed by atoms with Crippen molar-refractivity contribution in [2.75, 3.05) is 0 Å². The summed E-state index contributed by atoms with van der Waals surface area (Å²) in [6.07, 6.45) is 7.96. The van der Waals surface area contributed by atoms with Crippen LogP contribution >= 0.6 is 23.2 Å². The second-order valence-electron chi connectivity index (χ2n) is 3.88. The fraction of sp³-hybridized carbons (Fsp3) is 1.00. The lowest BCUT2D eigenvalue weighted by atomic mass is 10.0. The van der Waals surface area contributed by atoms with E-state index in [4.69, 9.17) is 23.2 Å². The molecule has 0 N–H and O–H groups in total. The zero-order chi connectivity index (χ0) is 7.90. The number of alkyl halides is 2. The molecule has 2 saturated carbocycles. The maximum absolute atomic E-state index is 6.12. The Hall–Kier alpha value is 0.580. The van der Waals surface area contributed by atoms with Gasteiger partial charge in [0.05, 0.1) is 0 Å². The van der Waals surface area contributed by atoms with E-state index in [2.05, 4.69) is 0 Å². The summed E-state index contributed by atoms with van der Waals surface area (Å²) in [6, 6.07) is 0. The molecule has 0 aliphatic heterocycles. The molecule has 0 nitrogen and oxygen atoms in total. The van der Waals surface area contributed by atoms with Crippen LogP contribution in [0.1, 0.15) is 38.5 Å². The van der Waals surface area contributed by atoms with Gasteiger partial charge in [0.1, 0.15) is 4.33 Å². The number of halogens is 2. The first-order valence-electron chi connectivity index (χ1n) is 4.61. The van der Waals surface area contributed by atoms with E-state index in [9.17, 15) is 0 Å². The lowest BCUT2D eigenvalue weighted by Crippen LogP contribution is -1.90. The first kappa shape index (κ1) is 8.19. The van der Waals surface area contributed by atoms with Gasteiger partial charge in [0, 0.05) is 0 Å². The van der Waals surface area contributed by atoms with E-state index in [1.165, 1.54) is 38.5 Å². The Bertz CT molecular complexity index is 138. The minimum atomic E-state index is -0.329. The molecule has 0 spiro atoms. The highest BCUT2D eigenvalue weighted by Crippen LogP contribution is 2.63. The molecule has 0 saturated heterocycles. The van der Waals surface area contributed by atoms with Gasteiger partial charge in [0.25, 0.3) is 0 Å². The van der Waals surface area contributed by atoms with Crippen molar-refractivity contribution in [3.05, 3.63) is 0 Å². The van der Waals surface area contributed by atoms with E-state index in [1.54, 1.807) is 0 Å². The van der Waals surface area contributed by atoms with Gasteiger partial charge < -0.3 is 0 Å². The van der Waals surface area contributed by atoms with Gasteiger partial charge in [-0.3, -0.25) is 0 Å². The lowest BCUT2D eigenvalue weighted by molar-refractivity contribution is 0.485. The summed E-state index contributed by atoms with van der Waals surface area (Å²) in [7, 11) is 0. The van der Waals surface area contributed by atoms with Gasteiger partial charge in [-0.25, -0.2) is 0 Å². The Kier molecular flexibility index (Phi) is 2.09. The molecule has 2 aliphatic rings. The Morgan fingerprint density at radius 2 is 1.27 bits per heavy atom. The van der Waals surface area contributed by atoms with Crippen LogP contribution in [0.3, 0.4) is 0 Å². The number of rotatable bonds is 0. The Morgan fingerprint density at radius 1 is 0.818 bits per heavy atom. The minimum Gasteiger partial charge on any atom is -0.101 e. The monoisotopic (exact) mass is 192 g/mol. The van der Waals surface area contributed by atoms with E-state index >= 15 is 0 Å². The fourth-order valence-electron chi connectivity index (χ4n) is 2.33. The molecule has 2 heteroatoms. The van der Waals surface area contributed by atoms with Crippen molar-refractivity contribution in [3.63, 3.8) is 0 Å². The van der Waals surface area contributed by atoms with Crippen molar-refractivity contribution in [1.82, 2.24) is 0 Å². The predicted molar refractivity (Wildman–Crippen MR) is 49.1 cm³/mol. The SMILES string of the molecule is ClC1(Cl)[C@H]2CCCCCC[C@@H]21. The highest BCUT2D eigenvalue weighted by molar-refractivity contribution is 6.51. The summed E-state index contributed by atoms with van der Waals surface area (Å²) in [5, 5.41) is 0. The van der Waals surface area contributed by atoms with Gasteiger partial charge >= 0.3 is 0 Å². The molecule has 2 atom stereocenters. The summed E-state index contributed by atoms with van der Waals surface area (Å²) in [5.41, 5.74) is 0. The van der Waals surface area contributed by atoms with Gasteiger partial charge in [0.2, 0.25) is 0 Å². The molecule has 2 aliphatic carbocycles. The molecule has 0 bridgehead atoms. The topological polar surface area (TPSA) is 0 Å². The van der Waals surface area contributed by atoms with Crippen LogP contribution in [0.25, 0.3) is 0 Å². The first-order chi connectivity index (χ1) is 5.23. The van der Waals surface area contributed by atoms with Crippen LogP contribution < -0.4 is 0 Å². The van der Waals surface area contributed by atoms with Gasteiger partial charge in [0.15, 0.2) is 0 Å². The Balaban J connectivity index is 1.95. The molecule has 0 radical (unpaired) electrons. The third-order valence-corrected chi connectivity index (χ3v) is 4.27. The smallest absolute Gasteiger partial charge is 0.101 e. The van der Waals surface area contributed by atoms with Crippen molar-refractivity contribution in [2.24, 2.45) is 11.8 Å². The van der Waals surface area contributed by atoms with Crippen LogP contribution in [0.4, 0.5) is 0 Å². The third-order valence-electron chi connectivity index (χ3n) is 3.15. The normalized spacial score (nSPS) is 42.0. The molecule has 0 aromatic carbocycles. The second kappa shape index (κ2) is 2.81. The maximum atomic E-state index is 6.12. The van der Waals surface area contributed by atoms with Crippen molar-refractivity contribution in [3.8, 4) is 0 Å². The summed E-state index contributed by atoms with van der Waals surface area (Å²) < 4.78 is -0.329.